The van der Waals surface area contributed by atoms with Gasteiger partial charge in [0, 0.05) is 13.5 Å². The summed E-state index contributed by atoms with van der Waals surface area (Å²) in [4.78, 5) is 9.82. The minimum Gasteiger partial charge on any atom is -0.379 e. The summed E-state index contributed by atoms with van der Waals surface area (Å²) in [5.74, 6) is 0.916. The molecule has 1 aliphatic rings. The summed E-state index contributed by atoms with van der Waals surface area (Å²) in [7, 11) is 1.58. The maximum absolute atomic E-state index is 5.54. The molecular formula is C14H15N3O3. The van der Waals surface area contributed by atoms with Crippen molar-refractivity contribution in [3.63, 3.8) is 0 Å². The van der Waals surface area contributed by atoms with Crippen LogP contribution in [0.1, 0.15) is 30.6 Å². The fourth-order valence-corrected chi connectivity index (χ4v) is 2.10. The molecule has 0 radical (unpaired) electrons. The Morgan fingerprint density at radius 2 is 2.10 bits per heavy atom. The number of hydrogen-bond donors (Lipinski definition) is 0. The Kier molecular flexibility index (Phi) is 3.23. The van der Waals surface area contributed by atoms with Crippen LogP contribution in [-0.2, 0) is 21.8 Å². The van der Waals surface area contributed by atoms with Gasteiger partial charge >= 0.3 is 0 Å². The van der Waals surface area contributed by atoms with Gasteiger partial charge in [0.15, 0.2) is 5.82 Å². The van der Waals surface area contributed by atoms with E-state index < -0.39 is 5.60 Å². The lowest BCUT2D eigenvalue weighted by Crippen LogP contribution is -2.22. The van der Waals surface area contributed by atoms with Crippen LogP contribution in [0.3, 0.4) is 0 Å². The zero-order valence-electron chi connectivity index (χ0n) is 11.4. The Bertz CT molecular complexity index is 624. The van der Waals surface area contributed by atoms with Gasteiger partial charge in [-0.05, 0) is 12.5 Å². The molecule has 0 N–H and O–H groups in total. The molecule has 0 amide bonds. The van der Waals surface area contributed by atoms with Crippen LogP contribution in [0.25, 0.3) is 0 Å². The zero-order chi connectivity index (χ0) is 14.0. The van der Waals surface area contributed by atoms with E-state index in [1.54, 1.807) is 7.11 Å². The molecule has 1 aliphatic heterocycles. The lowest BCUT2D eigenvalue weighted by Gasteiger charge is -2.15. The van der Waals surface area contributed by atoms with Crippen molar-refractivity contribution >= 4 is 5.71 Å². The first-order chi connectivity index (χ1) is 9.71. The van der Waals surface area contributed by atoms with Crippen molar-refractivity contribution in [2.24, 2.45) is 5.16 Å². The van der Waals surface area contributed by atoms with Crippen LogP contribution < -0.4 is 0 Å². The van der Waals surface area contributed by atoms with Crippen molar-refractivity contribution in [3.05, 3.63) is 47.6 Å². The smallest absolute Gasteiger partial charge is 0.273 e. The molecule has 1 aromatic carbocycles. The van der Waals surface area contributed by atoms with Crippen LogP contribution in [0.5, 0.6) is 0 Å². The van der Waals surface area contributed by atoms with E-state index in [0.29, 0.717) is 24.7 Å². The number of hydrogen-bond acceptors (Lipinski definition) is 6. The highest BCUT2D eigenvalue weighted by Crippen LogP contribution is 2.34. The quantitative estimate of drug-likeness (QED) is 0.854. The van der Waals surface area contributed by atoms with E-state index in [2.05, 4.69) is 15.3 Å². The fourth-order valence-electron chi connectivity index (χ4n) is 2.10. The number of ether oxygens (including phenoxy) is 1. The third-order valence-electron chi connectivity index (χ3n) is 3.16. The van der Waals surface area contributed by atoms with E-state index in [0.717, 1.165) is 11.3 Å². The van der Waals surface area contributed by atoms with Gasteiger partial charge in [-0.3, -0.25) is 0 Å². The Morgan fingerprint density at radius 3 is 2.85 bits per heavy atom. The maximum Gasteiger partial charge on any atom is 0.273 e. The summed E-state index contributed by atoms with van der Waals surface area (Å²) in [5, 5.41) is 8.00. The third kappa shape index (κ3) is 2.30. The minimum absolute atomic E-state index is 0.311. The number of methoxy groups -OCH3 is 1. The fraction of sp³-hybridized carbons (Fsp3) is 0.357. The second-order valence-corrected chi connectivity index (χ2v) is 4.85. The molecule has 1 aromatic heterocycles. The van der Waals surface area contributed by atoms with Gasteiger partial charge in [0.05, 0.1) is 5.71 Å². The zero-order valence-corrected chi connectivity index (χ0v) is 11.4. The molecule has 0 spiro atoms. The molecule has 0 saturated heterocycles. The third-order valence-corrected chi connectivity index (χ3v) is 3.16. The van der Waals surface area contributed by atoms with E-state index in [1.807, 2.05) is 37.3 Å². The lowest BCUT2D eigenvalue weighted by molar-refractivity contribution is -0.0313. The van der Waals surface area contributed by atoms with Gasteiger partial charge in [0.25, 0.3) is 5.89 Å². The number of rotatable bonds is 4. The molecule has 6 heteroatoms. The van der Waals surface area contributed by atoms with Crippen LogP contribution in [-0.4, -0.2) is 23.0 Å². The molecule has 0 saturated carbocycles. The molecule has 1 atom stereocenters. The molecular weight excluding hydrogens is 258 g/mol. The Balaban J connectivity index is 1.79. The molecule has 1 unspecified atom stereocenters. The lowest BCUT2D eigenvalue weighted by atomic mass is 9.96. The first-order valence-corrected chi connectivity index (χ1v) is 6.34. The van der Waals surface area contributed by atoms with Crippen molar-refractivity contribution in [2.75, 3.05) is 7.11 Å². The average Bonchev–Trinajstić information content (AvgIpc) is 3.08. The number of nitrogens with zero attached hydrogens (tertiary/aromatic N) is 3. The van der Waals surface area contributed by atoms with E-state index in [4.69, 9.17) is 14.1 Å². The second-order valence-electron chi connectivity index (χ2n) is 4.85. The molecule has 104 valence electrons. The highest BCUT2D eigenvalue weighted by Gasteiger charge is 2.42. The Hall–Kier alpha value is -2.21. The van der Waals surface area contributed by atoms with Crippen LogP contribution in [0.2, 0.25) is 0 Å². The van der Waals surface area contributed by atoms with Gasteiger partial charge in [-0.2, -0.15) is 4.98 Å². The van der Waals surface area contributed by atoms with E-state index >= 15 is 0 Å². The molecule has 0 fully saturated rings. The van der Waals surface area contributed by atoms with Gasteiger partial charge in [0.1, 0.15) is 6.61 Å². The van der Waals surface area contributed by atoms with Gasteiger partial charge in [-0.1, -0.05) is 40.6 Å². The highest BCUT2D eigenvalue weighted by atomic mass is 16.7. The summed E-state index contributed by atoms with van der Waals surface area (Å²) >= 11 is 0. The van der Waals surface area contributed by atoms with Crippen LogP contribution in [0.15, 0.2) is 40.0 Å². The standard InChI is InChI=1S/C14H15N3O3/c1-14(13-15-12(9-18-2)17-19-13)8-11(16-20-14)10-6-4-3-5-7-10/h3-7H,8-9H2,1-2H3. The van der Waals surface area contributed by atoms with Crippen LogP contribution >= 0.6 is 0 Å². The largest absolute Gasteiger partial charge is 0.379 e. The van der Waals surface area contributed by atoms with Gasteiger partial charge in [-0.15, -0.1) is 0 Å². The minimum atomic E-state index is -0.718. The Morgan fingerprint density at radius 1 is 1.30 bits per heavy atom. The number of aromatic nitrogens is 2. The highest BCUT2D eigenvalue weighted by molar-refractivity contribution is 6.01. The summed E-state index contributed by atoms with van der Waals surface area (Å²) < 4.78 is 10.2. The van der Waals surface area contributed by atoms with Crippen molar-refractivity contribution in [2.45, 2.75) is 25.6 Å². The maximum atomic E-state index is 5.54. The van der Waals surface area contributed by atoms with Crippen molar-refractivity contribution in [1.29, 1.82) is 0 Å². The van der Waals surface area contributed by atoms with E-state index in [1.165, 1.54) is 0 Å². The van der Waals surface area contributed by atoms with Gasteiger partial charge in [0.2, 0.25) is 5.60 Å². The molecule has 20 heavy (non-hydrogen) atoms. The SMILES string of the molecule is COCc1noc(C2(C)CC(c3ccccc3)=NO2)n1. The van der Waals surface area contributed by atoms with Crippen LogP contribution in [0.4, 0.5) is 0 Å². The number of oxime groups is 1. The molecule has 2 heterocycles. The average molecular weight is 273 g/mol. The summed E-state index contributed by atoms with van der Waals surface area (Å²) in [6.45, 7) is 2.20. The number of benzene rings is 1. The van der Waals surface area contributed by atoms with Crippen molar-refractivity contribution < 1.29 is 14.1 Å². The summed E-state index contributed by atoms with van der Waals surface area (Å²) in [6.07, 6.45) is 0.589. The molecule has 0 aliphatic carbocycles. The molecule has 3 rings (SSSR count). The normalized spacial score (nSPS) is 21.6. The summed E-state index contributed by atoms with van der Waals surface area (Å²) in [6, 6.07) is 9.90. The van der Waals surface area contributed by atoms with Crippen molar-refractivity contribution in [3.8, 4) is 0 Å². The predicted octanol–water partition coefficient (Wildman–Crippen LogP) is 2.26. The second kappa shape index (κ2) is 5.05. The Labute approximate surface area is 116 Å². The van der Waals surface area contributed by atoms with Crippen molar-refractivity contribution in [1.82, 2.24) is 10.1 Å². The van der Waals surface area contributed by atoms with E-state index in [9.17, 15) is 0 Å². The molecule has 6 nitrogen and oxygen atoms in total. The van der Waals surface area contributed by atoms with E-state index in [-0.39, 0.29) is 0 Å². The predicted molar refractivity (Wildman–Crippen MR) is 71.0 cm³/mol. The first-order valence-electron chi connectivity index (χ1n) is 6.34. The van der Waals surface area contributed by atoms with Crippen LogP contribution in [0, 0.1) is 0 Å². The molecule has 0 bridgehead atoms. The van der Waals surface area contributed by atoms with Gasteiger partial charge < -0.3 is 14.1 Å². The molecule has 2 aromatic rings. The first kappa shape index (κ1) is 12.8. The summed E-state index contributed by atoms with van der Waals surface area (Å²) in [5.41, 5.74) is 1.19. The monoisotopic (exact) mass is 273 g/mol. The topological polar surface area (TPSA) is 69.7 Å². The van der Waals surface area contributed by atoms with Gasteiger partial charge in [-0.25, -0.2) is 0 Å².